The van der Waals surface area contributed by atoms with Crippen LogP contribution >= 0.6 is 0 Å². The second kappa shape index (κ2) is 5.16. The van der Waals surface area contributed by atoms with Crippen molar-refractivity contribution in [2.75, 3.05) is 31.6 Å². The number of amides is 1. The third-order valence-corrected chi connectivity index (χ3v) is 3.18. The minimum Gasteiger partial charge on any atom is -0.347 e. The minimum atomic E-state index is 0.105. The molecule has 2 heterocycles. The van der Waals surface area contributed by atoms with Gasteiger partial charge in [-0.25, -0.2) is 4.98 Å². The molecule has 0 atom stereocenters. The lowest BCUT2D eigenvalue weighted by atomic mass is 10.2. The van der Waals surface area contributed by atoms with Crippen LogP contribution in [0, 0.1) is 6.92 Å². The van der Waals surface area contributed by atoms with Gasteiger partial charge in [-0.3, -0.25) is 9.59 Å². The quantitative estimate of drug-likeness (QED) is 0.728. The summed E-state index contributed by atoms with van der Waals surface area (Å²) in [6, 6.07) is 1.80. The van der Waals surface area contributed by atoms with E-state index >= 15 is 0 Å². The van der Waals surface area contributed by atoms with Gasteiger partial charge in [-0.1, -0.05) is 0 Å². The number of nitrogens with zero attached hydrogens (tertiary/aromatic N) is 3. The van der Waals surface area contributed by atoms with Crippen molar-refractivity contribution in [1.29, 1.82) is 0 Å². The van der Waals surface area contributed by atoms with E-state index in [2.05, 4.69) is 4.98 Å². The summed E-state index contributed by atoms with van der Waals surface area (Å²) in [4.78, 5) is 30.5. The van der Waals surface area contributed by atoms with E-state index in [0.29, 0.717) is 12.1 Å². The molecule has 0 unspecified atom stereocenters. The number of aryl methyl sites for hydroxylation is 1. The van der Waals surface area contributed by atoms with E-state index < -0.39 is 0 Å². The smallest absolute Gasteiger partial charge is 0.241 e. The maximum atomic E-state index is 11.8. The van der Waals surface area contributed by atoms with Crippen LogP contribution in [0.1, 0.15) is 22.3 Å². The second-order valence-electron chi connectivity index (χ2n) is 4.62. The first kappa shape index (κ1) is 12.5. The number of carbonyl (C=O) groups is 2. The highest BCUT2D eigenvalue weighted by Crippen LogP contribution is 2.19. The highest BCUT2D eigenvalue weighted by molar-refractivity contribution is 5.82. The predicted molar refractivity (Wildman–Crippen MR) is 68.8 cm³/mol. The SMILES string of the molecule is Cc1cc(C=O)cnc1N1CCCN(C)C(=O)C1. The number of rotatable bonds is 2. The predicted octanol–water partition coefficient (Wildman–Crippen LogP) is 0.871. The Labute approximate surface area is 106 Å². The summed E-state index contributed by atoms with van der Waals surface area (Å²) in [6.07, 6.45) is 3.26. The summed E-state index contributed by atoms with van der Waals surface area (Å²) in [5.74, 6) is 0.900. The number of likely N-dealkylation sites (N-methyl/N-ethyl adjacent to an activating group) is 1. The lowest BCUT2D eigenvalue weighted by Crippen LogP contribution is -2.35. The van der Waals surface area contributed by atoms with E-state index in [1.807, 2.05) is 18.9 Å². The zero-order valence-electron chi connectivity index (χ0n) is 10.7. The molecule has 0 aromatic carbocycles. The van der Waals surface area contributed by atoms with Crippen molar-refractivity contribution in [3.63, 3.8) is 0 Å². The van der Waals surface area contributed by atoms with E-state index in [-0.39, 0.29) is 5.91 Å². The summed E-state index contributed by atoms with van der Waals surface area (Å²) in [5.41, 5.74) is 1.49. The zero-order chi connectivity index (χ0) is 13.1. The van der Waals surface area contributed by atoms with Crippen LogP contribution in [0.4, 0.5) is 5.82 Å². The maximum absolute atomic E-state index is 11.8. The molecule has 0 N–H and O–H groups in total. The van der Waals surface area contributed by atoms with Crippen LogP contribution in [-0.4, -0.2) is 48.8 Å². The van der Waals surface area contributed by atoms with Gasteiger partial charge in [0, 0.05) is 31.9 Å². The molecule has 2 rings (SSSR count). The lowest BCUT2D eigenvalue weighted by molar-refractivity contribution is -0.127. The Hall–Kier alpha value is -1.91. The van der Waals surface area contributed by atoms with Crippen LogP contribution in [0.25, 0.3) is 0 Å². The molecule has 0 radical (unpaired) electrons. The van der Waals surface area contributed by atoms with E-state index in [0.717, 1.165) is 37.2 Å². The average molecular weight is 247 g/mol. The van der Waals surface area contributed by atoms with Crippen LogP contribution < -0.4 is 4.90 Å². The number of aromatic nitrogens is 1. The van der Waals surface area contributed by atoms with Crippen LogP contribution in [-0.2, 0) is 4.79 Å². The van der Waals surface area contributed by atoms with Gasteiger partial charge in [-0.2, -0.15) is 0 Å². The fraction of sp³-hybridized carbons (Fsp3) is 0.462. The van der Waals surface area contributed by atoms with Crippen molar-refractivity contribution < 1.29 is 9.59 Å². The number of anilines is 1. The fourth-order valence-corrected chi connectivity index (χ4v) is 2.15. The van der Waals surface area contributed by atoms with Crippen LogP contribution in [0.3, 0.4) is 0 Å². The molecule has 1 saturated heterocycles. The van der Waals surface area contributed by atoms with Crippen LogP contribution in [0.2, 0.25) is 0 Å². The van der Waals surface area contributed by atoms with Gasteiger partial charge in [-0.15, -0.1) is 0 Å². The van der Waals surface area contributed by atoms with Crippen LogP contribution in [0.5, 0.6) is 0 Å². The van der Waals surface area contributed by atoms with E-state index in [4.69, 9.17) is 0 Å². The molecular formula is C13H17N3O2. The molecule has 0 spiro atoms. The summed E-state index contributed by atoms with van der Waals surface area (Å²) in [7, 11) is 1.82. The largest absolute Gasteiger partial charge is 0.347 e. The van der Waals surface area contributed by atoms with Gasteiger partial charge in [0.25, 0.3) is 0 Å². The third-order valence-electron chi connectivity index (χ3n) is 3.18. The second-order valence-corrected chi connectivity index (χ2v) is 4.62. The molecular weight excluding hydrogens is 230 g/mol. The maximum Gasteiger partial charge on any atom is 0.241 e. The Morgan fingerprint density at radius 1 is 1.39 bits per heavy atom. The molecule has 18 heavy (non-hydrogen) atoms. The summed E-state index contributed by atoms with van der Waals surface area (Å²) in [5, 5.41) is 0. The molecule has 5 nitrogen and oxygen atoms in total. The number of carbonyl (C=O) groups excluding carboxylic acids is 2. The number of hydrogen-bond acceptors (Lipinski definition) is 4. The molecule has 5 heteroatoms. The standard InChI is InChI=1S/C13H17N3O2/c1-10-6-11(9-17)7-14-13(10)16-5-3-4-15(2)12(18)8-16/h6-7,9H,3-5,8H2,1-2H3. The average Bonchev–Trinajstić information content (AvgIpc) is 2.52. The molecule has 1 aliphatic rings. The van der Waals surface area contributed by atoms with Crippen molar-refractivity contribution in [2.45, 2.75) is 13.3 Å². The Balaban J connectivity index is 2.25. The first-order valence-electron chi connectivity index (χ1n) is 6.02. The van der Waals surface area contributed by atoms with E-state index in [9.17, 15) is 9.59 Å². The molecule has 96 valence electrons. The van der Waals surface area contributed by atoms with E-state index in [1.165, 1.54) is 0 Å². The minimum absolute atomic E-state index is 0.105. The lowest BCUT2D eigenvalue weighted by Gasteiger charge is -2.22. The van der Waals surface area contributed by atoms with Crippen molar-refractivity contribution >= 4 is 18.0 Å². The zero-order valence-corrected chi connectivity index (χ0v) is 10.7. The van der Waals surface area contributed by atoms with Gasteiger partial charge in [0.2, 0.25) is 5.91 Å². The van der Waals surface area contributed by atoms with Gasteiger partial charge >= 0.3 is 0 Å². The van der Waals surface area contributed by atoms with Gasteiger partial charge in [-0.05, 0) is 25.0 Å². The first-order valence-corrected chi connectivity index (χ1v) is 6.02. The highest BCUT2D eigenvalue weighted by atomic mass is 16.2. The highest BCUT2D eigenvalue weighted by Gasteiger charge is 2.21. The van der Waals surface area contributed by atoms with Gasteiger partial charge in [0.15, 0.2) is 6.29 Å². The summed E-state index contributed by atoms with van der Waals surface area (Å²) >= 11 is 0. The van der Waals surface area contributed by atoms with Crippen LogP contribution in [0.15, 0.2) is 12.3 Å². The Bertz CT molecular complexity index is 473. The number of aldehydes is 1. The van der Waals surface area contributed by atoms with Crippen molar-refractivity contribution in [2.24, 2.45) is 0 Å². The molecule has 0 aliphatic carbocycles. The van der Waals surface area contributed by atoms with Gasteiger partial charge in [0.05, 0.1) is 6.54 Å². The Kier molecular flexibility index (Phi) is 3.60. The molecule has 1 amide bonds. The Morgan fingerprint density at radius 2 is 2.17 bits per heavy atom. The third kappa shape index (κ3) is 2.50. The fourth-order valence-electron chi connectivity index (χ4n) is 2.15. The monoisotopic (exact) mass is 247 g/mol. The van der Waals surface area contributed by atoms with Gasteiger partial charge in [0.1, 0.15) is 5.82 Å². The summed E-state index contributed by atoms with van der Waals surface area (Å²) in [6.45, 7) is 3.85. The molecule has 0 bridgehead atoms. The topological polar surface area (TPSA) is 53.5 Å². The number of pyridine rings is 1. The first-order chi connectivity index (χ1) is 8.61. The Morgan fingerprint density at radius 3 is 2.83 bits per heavy atom. The van der Waals surface area contributed by atoms with Crippen molar-refractivity contribution in [3.8, 4) is 0 Å². The molecule has 1 aliphatic heterocycles. The molecule has 0 saturated carbocycles. The normalized spacial score (nSPS) is 16.7. The number of hydrogen-bond donors (Lipinski definition) is 0. The van der Waals surface area contributed by atoms with Crippen molar-refractivity contribution in [3.05, 3.63) is 23.4 Å². The van der Waals surface area contributed by atoms with Crippen molar-refractivity contribution in [1.82, 2.24) is 9.88 Å². The van der Waals surface area contributed by atoms with Gasteiger partial charge < -0.3 is 9.80 Å². The van der Waals surface area contributed by atoms with E-state index in [1.54, 1.807) is 17.2 Å². The summed E-state index contributed by atoms with van der Waals surface area (Å²) < 4.78 is 0. The molecule has 1 aromatic heterocycles. The molecule has 1 aromatic rings. The molecule has 1 fully saturated rings.